The molecule has 0 atom stereocenters. The molecule has 1 aromatic carbocycles. The van der Waals surface area contributed by atoms with Gasteiger partial charge in [0.05, 0.1) is 0 Å². The van der Waals surface area contributed by atoms with Crippen molar-refractivity contribution in [2.75, 3.05) is 0 Å². The van der Waals surface area contributed by atoms with Gasteiger partial charge in [0.2, 0.25) is 0 Å². The molecule has 0 aliphatic rings. The first-order valence-corrected chi connectivity index (χ1v) is 6.55. The van der Waals surface area contributed by atoms with E-state index in [-0.39, 0.29) is 0 Å². The van der Waals surface area contributed by atoms with E-state index in [4.69, 9.17) is 0 Å². The van der Waals surface area contributed by atoms with Crippen molar-refractivity contribution in [2.24, 2.45) is 0 Å². The number of hydrogen-bond donors (Lipinski definition) is 0. The Bertz CT molecular complexity index is 313. The fourth-order valence-corrected chi connectivity index (χ4v) is 2.40. The van der Waals surface area contributed by atoms with Crippen LogP contribution in [0.5, 0.6) is 0 Å². The summed E-state index contributed by atoms with van der Waals surface area (Å²) in [6.45, 7) is 8.94. The third-order valence-electron chi connectivity index (χ3n) is 1.97. The quantitative estimate of drug-likeness (QED) is 0.746. The molecule has 0 aliphatic carbocycles. The van der Waals surface area contributed by atoms with E-state index in [9.17, 15) is 0 Å². The molecule has 0 saturated heterocycles. The van der Waals surface area contributed by atoms with Gasteiger partial charge in [-0.25, -0.2) is 0 Å². The minimum absolute atomic E-state index is 0.342. The molecule has 0 heterocycles. The molecule has 14 heavy (non-hydrogen) atoms. The zero-order valence-corrected chi connectivity index (χ0v) is 11.6. The van der Waals surface area contributed by atoms with E-state index in [1.54, 1.807) is 0 Å². The molecule has 0 bridgehead atoms. The zero-order chi connectivity index (χ0) is 10.8. The molecule has 1 aromatic rings. The summed E-state index contributed by atoms with van der Waals surface area (Å²) >= 11 is 5.50. The summed E-state index contributed by atoms with van der Waals surface area (Å²) in [7, 11) is 0. The molecule has 0 saturated carbocycles. The van der Waals surface area contributed by atoms with Crippen LogP contribution in [0.2, 0.25) is 0 Å². The Labute approximate surface area is 99.6 Å². The molecular formula is C12H17BrS. The first kappa shape index (κ1) is 12.1. The third-order valence-corrected chi connectivity index (χ3v) is 3.79. The lowest BCUT2D eigenvalue weighted by Gasteiger charge is -2.18. The SMILES string of the molecule is Cc1ccc(Br)cc1CSC(C)(C)C. The molecule has 0 aliphatic heterocycles. The number of rotatable bonds is 2. The molecule has 0 N–H and O–H groups in total. The van der Waals surface area contributed by atoms with Crippen LogP contribution < -0.4 is 0 Å². The summed E-state index contributed by atoms with van der Waals surface area (Å²) in [5, 5.41) is 0. The van der Waals surface area contributed by atoms with Crippen LogP contribution in [0.3, 0.4) is 0 Å². The van der Waals surface area contributed by atoms with Crippen molar-refractivity contribution in [1.29, 1.82) is 0 Å². The van der Waals surface area contributed by atoms with Crippen molar-refractivity contribution in [1.82, 2.24) is 0 Å². The van der Waals surface area contributed by atoms with Gasteiger partial charge < -0.3 is 0 Å². The number of aryl methyl sites for hydroxylation is 1. The van der Waals surface area contributed by atoms with E-state index in [1.165, 1.54) is 15.6 Å². The van der Waals surface area contributed by atoms with E-state index in [0.29, 0.717) is 4.75 Å². The fraction of sp³-hybridized carbons (Fsp3) is 0.500. The monoisotopic (exact) mass is 272 g/mol. The minimum Gasteiger partial charge on any atom is -0.151 e. The number of halogens is 1. The van der Waals surface area contributed by atoms with E-state index in [2.05, 4.69) is 61.8 Å². The average Bonchev–Trinajstić information content (AvgIpc) is 2.05. The fourth-order valence-electron chi connectivity index (χ4n) is 1.09. The lowest BCUT2D eigenvalue weighted by molar-refractivity contribution is 0.802. The van der Waals surface area contributed by atoms with Crippen LogP contribution in [0.15, 0.2) is 22.7 Å². The second kappa shape index (κ2) is 4.71. The predicted octanol–water partition coefficient (Wildman–Crippen LogP) is 4.79. The maximum atomic E-state index is 3.51. The van der Waals surface area contributed by atoms with Crippen molar-refractivity contribution in [3.63, 3.8) is 0 Å². The Kier molecular flexibility index (Phi) is 4.08. The van der Waals surface area contributed by atoms with E-state index >= 15 is 0 Å². The van der Waals surface area contributed by atoms with Gasteiger partial charge in [-0.3, -0.25) is 0 Å². The van der Waals surface area contributed by atoms with Crippen LogP contribution in [0.25, 0.3) is 0 Å². The van der Waals surface area contributed by atoms with Gasteiger partial charge in [0, 0.05) is 15.0 Å². The van der Waals surface area contributed by atoms with Crippen LogP contribution in [0, 0.1) is 6.92 Å². The molecule has 1 rings (SSSR count). The van der Waals surface area contributed by atoms with Gasteiger partial charge in [-0.15, -0.1) is 0 Å². The highest BCUT2D eigenvalue weighted by molar-refractivity contribution is 9.10. The van der Waals surface area contributed by atoms with Gasteiger partial charge in [-0.2, -0.15) is 11.8 Å². The van der Waals surface area contributed by atoms with E-state index in [1.807, 2.05) is 11.8 Å². The van der Waals surface area contributed by atoms with Gasteiger partial charge >= 0.3 is 0 Å². The van der Waals surface area contributed by atoms with Gasteiger partial charge in [0.1, 0.15) is 0 Å². The lowest BCUT2D eigenvalue weighted by Crippen LogP contribution is -2.07. The van der Waals surface area contributed by atoms with Gasteiger partial charge in [0.15, 0.2) is 0 Å². The summed E-state index contributed by atoms with van der Waals surface area (Å²) in [6.07, 6.45) is 0. The maximum absolute atomic E-state index is 3.51. The predicted molar refractivity (Wildman–Crippen MR) is 69.9 cm³/mol. The summed E-state index contributed by atoms with van der Waals surface area (Å²) in [6, 6.07) is 6.48. The van der Waals surface area contributed by atoms with Crippen LogP contribution in [0.1, 0.15) is 31.9 Å². The smallest absolute Gasteiger partial charge is 0.0192 e. The van der Waals surface area contributed by atoms with Gasteiger partial charge in [0.25, 0.3) is 0 Å². The zero-order valence-electron chi connectivity index (χ0n) is 9.23. The van der Waals surface area contributed by atoms with Crippen molar-refractivity contribution >= 4 is 27.7 Å². The Morgan fingerprint density at radius 3 is 2.50 bits per heavy atom. The maximum Gasteiger partial charge on any atom is 0.0192 e. The molecule has 0 fully saturated rings. The lowest BCUT2D eigenvalue weighted by atomic mass is 10.1. The molecule has 0 amide bonds. The van der Waals surface area contributed by atoms with E-state index in [0.717, 1.165) is 5.75 Å². The van der Waals surface area contributed by atoms with Crippen LogP contribution >= 0.6 is 27.7 Å². The molecule has 0 unspecified atom stereocenters. The Hall–Kier alpha value is 0.0500. The molecule has 2 heteroatoms. The number of benzene rings is 1. The number of thioether (sulfide) groups is 1. The average molecular weight is 273 g/mol. The van der Waals surface area contributed by atoms with Crippen molar-refractivity contribution in [3.8, 4) is 0 Å². The van der Waals surface area contributed by atoms with Crippen LogP contribution in [-0.2, 0) is 5.75 Å². The standard InChI is InChI=1S/C12H17BrS/c1-9-5-6-11(13)7-10(9)8-14-12(2,3)4/h5-7H,8H2,1-4H3. The van der Waals surface area contributed by atoms with Crippen LogP contribution in [0.4, 0.5) is 0 Å². The molecular weight excluding hydrogens is 256 g/mol. The van der Waals surface area contributed by atoms with Crippen molar-refractivity contribution in [3.05, 3.63) is 33.8 Å². The van der Waals surface area contributed by atoms with Gasteiger partial charge in [-0.05, 0) is 30.2 Å². The highest BCUT2D eigenvalue weighted by Crippen LogP contribution is 2.29. The molecule has 0 aromatic heterocycles. The Morgan fingerprint density at radius 2 is 1.93 bits per heavy atom. The van der Waals surface area contributed by atoms with Crippen molar-refractivity contribution < 1.29 is 0 Å². The number of hydrogen-bond acceptors (Lipinski definition) is 1. The summed E-state index contributed by atoms with van der Waals surface area (Å²) in [5.74, 6) is 1.09. The molecule has 0 nitrogen and oxygen atoms in total. The molecule has 0 radical (unpaired) electrons. The van der Waals surface area contributed by atoms with Gasteiger partial charge in [-0.1, -0.05) is 42.8 Å². The topological polar surface area (TPSA) is 0 Å². The first-order chi connectivity index (χ1) is 6.38. The second-order valence-corrected chi connectivity index (χ2v) is 7.19. The summed E-state index contributed by atoms with van der Waals surface area (Å²) in [4.78, 5) is 0. The highest BCUT2D eigenvalue weighted by atomic mass is 79.9. The normalized spacial score (nSPS) is 11.8. The third kappa shape index (κ3) is 4.05. The molecule has 78 valence electrons. The summed E-state index contributed by atoms with van der Waals surface area (Å²) in [5.41, 5.74) is 2.81. The Morgan fingerprint density at radius 1 is 1.29 bits per heavy atom. The largest absolute Gasteiger partial charge is 0.151 e. The van der Waals surface area contributed by atoms with Crippen LogP contribution in [-0.4, -0.2) is 4.75 Å². The minimum atomic E-state index is 0.342. The second-order valence-electron chi connectivity index (χ2n) is 4.47. The highest BCUT2D eigenvalue weighted by Gasteiger charge is 2.11. The molecule has 0 spiro atoms. The summed E-state index contributed by atoms with van der Waals surface area (Å²) < 4.78 is 1.52. The first-order valence-electron chi connectivity index (χ1n) is 4.77. The van der Waals surface area contributed by atoms with Crippen molar-refractivity contribution in [2.45, 2.75) is 38.2 Å². The van der Waals surface area contributed by atoms with E-state index < -0.39 is 0 Å². The Balaban J connectivity index is 2.72.